The van der Waals surface area contributed by atoms with Crippen LogP contribution in [0.1, 0.15) is 31.1 Å². The molecule has 2 saturated heterocycles. The van der Waals surface area contributed by atoms with E-state index in [-0.39, 0.29) is 11.6 Å². The summed E-state index contributed by atoms with van der Waals surface area (Å²) in [7, 11) is 0. The van der Waals surface area contributed by atoms with Crippen molar-refractivity contribution in [1.82, 2.24) is 0 Å². The summed E-state index contributed by atoms with van der Waals surface area (Å²) in [6.07, 6.45) is 2.93. The average molecular weight is 287 g/mol. The van der Waals surface area contributed by atoms with Gasteiger partial charge in [0, 0.05) is 25.0 Å². The van der Waals surface area contributed by atoms with E-state index in [2.05, 4.69) is 12.1 Å². The molecule has 0 radical (unpaired) electrons. The highest BCUT2D eigenvalue weighted by Crippen LogP contribution is 2.40. The van der Waals surface area contributed by atoms with Crippen molar-refractivity contribution in [3.05, 3.63) is 36.1 Å². The third-order valence-electron chi connectivity index (χ3n) is 4.88. The smallest absolute Gasteiger partial charge is 0.134 e. The van der Waals surface area contributed by atoms with Gasteiger partial charge in [-0.05, 0) is 30.9 Å². The number of fused-ring (bicyclic) bond motifs is 1. The monoisotopic (exact) mass is 287 g/mol. The summed E-state index contributed by atoms with van der Waals surface area (Å²) in [5, 5.41) is 1.12. The fourth-order valence-corrected chi connectivity index (χ4v) is 3.63. The Morgan fingerprint density at radius 3 is 2.95 bits per heavy atom. The van der Waals surface area contributed by atoms with Gasteiger partial charge >= 0.3 is 0 Å². The molecular formula is C17H21NO3. The van der Waals surface area contributed by atoms with Crippen LogP contribution in [0.4, 0.5) is 0 Å². The molecule has 0 aliphatic carbocycles. The molecule has 3 atom stereocenters. The van der Waals surface area contributed by atoms with E-state index in [0.717, 1.165) is 49.2 Å². The number of nitrogens with two attached hydrogens (primary N) is 1. The first-order valence-electron chi connectivity index (χ1n) is 7.72. The zero-order valence-corrected chi connectivity index (χ0v) is 12.1. The van der Waals surface area contributed by atoms with Gasteiger partial charge in [0.25, 0.3) is 0 Å². The molecule has 2 aliphatic rings. The Hall–Kier alpha value is -1.36. The van der Waals surface area contributed by atoms with Crippen molar-refractivity contribution in [3.63, 3.8) is 0 Å². The van der Waals surface area contributed by atoms with Gasteiger partial charge in [-0.15, -0.1) is 0 Å². The minimum Gasteiger partial charge on any atom is -0.459 e. The molecule has 0 saturated carbocycles. The van der Waals surface area contributed by atoms with Gasteiger partial charge in [-0.2, -0.15) is 0 Å². The first-order chi connectivity index (χ1) is 10.3. The third kappa shape index (κ3) is 2.37. The van der Waals surface area contributed by atoms with Crippen molar-refractivity contribution < 1.29 is 13.9 Å². The van der Waals surface area contributed by atoms with E-state index in [1.807, 2.05) is 18.2 Å². The number of ether oxygens (including phenoxy) is 2. The molecule has 2 fully saturated rings. The van der Waals surface area contributed by atoms with E-state index in [9.17, 15) is 0 Å². The minimum absolute atomic E-state index is 0.0706. The summed E-state index contributed by atoms with van der Waals surface area (Å²) in [6.45, 7) is 2.27. The standard InChI is InChI=1S/C17H21NO3/c18-16(15-9-12-3-1-2-4-14(12)21-15)13-5-7-20-17(10-13)6-8-19-11-17/h1-4,9,13,16H,5-8,10-11,18H2. The highest BCUT2D eigenvalue weighted by atomic mass is 16.6. The molecule has 2 aliphatic heterocycles. The van der Waals surface area contributed by atoms with Crippen molar-refractivity contribution in [2.45, 2.75) is 30.9 Å². The van der Waals surface area contributed by atoms with Crippen molar-refractivity contribution in [2.75, 3.05) is 19.8 Å². The summed E-state index contributed by atoms with van der Waals surface area (Å²) in [5.74, 6) is 1.28. The number of furan rings is 1. The maximum absolute atomic E-state index is 6.49. The van der Waals surface area contributed by atoms with Gasteiger partial charge in [-0.1, -0.05) is 18.2 Å². The topological polar surface area (TPSA) is 57.6 Å². The van der Waals surface area contributed by atoms with Gasteiger partial charge in [0.1, 0.15) is 11.3 Å². The van der Waals surface area contributed by atoms with Crippen LogP contribution in [0.15, 0.2) is 34.7 Å². The molecule has 1 spiro atoms. The van der Waals surface area contributed by atoms with E-state index >= 15 is 0 Å². The summed E-state index contributed by atoms with van der Waals surface area (Å²) >= 11 is 0. The lowest BCUT2D eigenvalue weighted by Crippen LogP contribution is -2.43. The normalized spacial score (nSPS) is 31.0. The molecule has 0 bridgehead atoms. The molecule has 1 aromatic heterocycles. The van der Waals surface area contributed by atoms with Crippen molar-refractivity contribution in [3.8, 4) is 0 Å². The number of rotatable bonds is 2. The summed E-state index contributed by atoms with van der Waals surface area (Å²) in [5.41, 5.74) is 7.30. The van der Waals surface area contributed by atoms with Gasteiger partial charge in [0.2, 0.25) is 0 Å². The lowest BCUT2D eigenvalue weighted by Gasteiger charge is -2.38. The Balaban J connectivity index is 1.57. The number of benzene rings is 1. The predicted molar refractivity (Wildman–Crippen MR) is 80.0 cm³/mol. The molecule has 2 N–H and O–H groups in total. The summed E-state index contributed by atoms with van der Waals surface area (Å²) < 4.78 is 17.5. The van der Waals surface area contributed by atoms with Crippen LogP contribution >= 0.6 is 0 Å². The van der Waals surface area contributed by atoms with E-state index in [4.69, 9.17) is 19.6 Å². The fraction of sp³-hybridized carbons (Fsp3) is 0.529. The van der Waals surface area contributed by atoms with Gasteiger partial charge in [-0.25, -0.2) is 0 Å². The Morgan fingerprint density at radius 1 is 1.24 bits per heavy atom. The molecule has 2 aromatic rings. The molecule has 3 heterocycles. The van der Waals surface area contributed by atoms with Gasteiger partial charge in [-0.3, -0.25) is 0 Å². The van der Waals surface area contributed by atoms with Crippen LogP contribution in [0.5, 0.6) is 0 Å². The first-order valence-corrected chi connectivity index (χ1v) is 7.72. The second kappa shape index (κ2) is 5.13. The first kappa shape index (κ1) is 13.3. The molecule has 4 heteroatoms. The van der Waals surface area contributed by atoms with Crippen LogP contribution in [0, 0.1) is 5.92 Å². The Morgan fingerprint density at radius 2 is 2.14 bits per heavy atom. The fourth-order valence-electron chi connectivity index (χ4n) is 3.63. The highest BCUT2D eigenvalue weighted by Gasteiger charge is 2.43. The van der Waals surface area contributed by atoms with Crippen LogP contribution in [0.3, 0.4) is 0 Å². The van der Waals surface area contributed by atoms with Crippen molar-refractivity contribution in [1.29, 1.82) is 0 Å². The predicted octanol–water partition coefficient (Wildman–Crippen LogP) is 3.02. The zero-order valence-electron chi connectivity index (χ0n) is 12.1. The molecule has 3 unspecified atom stereocenters. The van der Waals surface area contributed by atoms with E-state index in [1.54, 1.807) is 0 Å². The second-order valence-electron chi connectivity index (χ2n) is 6.30. The summed E-state index contributed by atoms with van der Waals surface area (Å²) in [6, 6.07) is 10.1. The second-order valence-corrected chi connectivity index (χ2v) is 6.30. The van der Waals surface area contributed by atoms with E-state index in [0.29, 0.717) is 12.5 Å². The minimum atomic E-state index is -0.105. The average Bonchev–Trinajstić information content (AvgIpc) is 3.13. The largest absolute Gasteiger partial charge is 0.459 e. The van der Waals surface area contributed by atoms with Crippen LogP contribution < -0.4 is 5.73 Å². The summed E-state index contributed by atoms with van der Waals surface area (Å²) in [4.78, 5) is 0. The van der Waals surface area contributed by atoms with E-state index < -0.39 is 0 Å². The molecule has 4 rings (SSSR count). The molecule has 0 amide bonds. The Labute approximate surface area is 124 Å². The van der Waals surface area contributed by atoms with Gasteiger partial charge in [0.15, 0.2) is 0 Å². The lowest BCUT2D eigenvalue weighted by atomic mass is 9.80. The number of hydrogen-bond acceptors (Lipinski definition) is 4. The van der Waals surface area contributed by atoms with Crippen LogP contribution in [-0.2, 0) is 9.47 Å². The van der Waals surface area contributed by atoms with Crippen molar-refractivity contribution in [2.24, 2.45) is 11.7 Å². The quantitative estimate of drug-likeness (QED) is 0.922. The highest BCUT2D eigenvalue weighted by molar-refractivity contribution is 5.77. The Bertz CT molecular complexity index is 597. The lowest BCUT2D eigenvalue weighted by molar-refractivity contribution is -0.102. The van der Waals surface area contributed by atoms with Gasteiger partial charge in [0.05, 0.1) is 18.2 Å². The van der Waals surface area contributed by atoms with Crippen molar-refractivity contribution >= 4 is 11.0 Å². The molecule has 112 valence electrons. The van der Waals surface area contributed by atoms with Crippen LogP contribution in [-0.4, -0.2) is 25.4 Å². The maximum atomic E-state index is 6.49. The molecular weight excluding hydrogens is 266 g/mol. The number of hydrogen-bond donors (Lipinski definition) is 1. The SMILES string of the molecule is NC(c1cc2ccccc2o1)C1CCOC2(CCOC2)C1. The zero-order chi connectivity index (χ0) is 14.3. The Kier molecular flexibility index (Phi) is 3.25. The molecule has 21 heavy (non-hydrogen) atoms. The number of para-hydroxylation sites is 1. The van der Waals surface area contributed by atoms with Gasteiger partial charge < -0.3 is 19.6 Å². The maximum Gasteiger partial charge on any atom is 0.134 e. The molecule has 1 aromatic carbocycles. The third-order valence-corrected chi connectivity index (χ3v) is 4.88. The molecule has 4 nitrogen and oxygen atoms in total. The van der Waals surface area contributed by atoms with Crippen LogP contribution in [0.25, 0.3) is 11.0 Å². The van der Waals surface area contributed by atoms with Crippen LogP contribution in [0.2, 0.25) is 0 Å². The van der Waals surface area contributed by atoms with E-state index in [1.165, 1.54) is 0 Å².